The monoisotopic (exact) mass is 410 g/mol. The molecule has 2 aliphatic heterocycles. The van der Waals surface area contributed by atoms with Crippen molar-refractivity contribution in [1.82, 2.24) is 0 Å². The third-order valence-corrected chi connectivity index (χ3v) is 5.23. The van der Waals surface area contributed by atoms with Crippen LogP contribution in [-0.4, -0.2) is 43.8 Å². The molecule has 0 spiro atoms. The lowest BCUT2D eigenvalue weighted by Crippen LogP contribution is -2.46. The fraction of sp³-hybridized carbons (Fsp3) is 0.391. The number of nitrogens with one attached hydrogen (secondary N) is 1. The lowest BCUT2D eigenvalue weighted by atomic mass is 10.1. The Morgan fingerprint density at radius 3 is 2.90 bits per heavy atom. The number of hydrogen-bond acceptors (Lipinski definition) is 5. The molecule has 158 valence electrons. The molecule has 2 aliphatic rings. The van der Waals surface area contributed by atoms with Gasteiger partial charge in [0, 0.05) is 12.3 Å². The Hall–Kier alpha value is -3.06. The maximum atomic E-state index is 12.8. The molecule has 0 bridgehead atoms. The van der Waals surface area contributed by atoms with Crippen molar-refractivity contribution in [2.75, 3.05) is 30.0 Å². The van der Waals surface area contributed by atoms with Crippen LogP contribution >= 0.6 is 0 Å². The molecule has 0 aromatic heterocycles. The molecular formula is C23H26N2O5. The summed E-state index contributed by atoms with van der Waals surface area (Å²) < 4.78 is 17.0. The van der Waals surface area contributed by atoms with Gasteiger partial charge in [0.25, 0.3) is 11.8 Å². The fourth-order valence-corrected chi connectivity index (χ4v) is 3.68. The second-order valence-electron chi connectivity index (χ2n) is 7.59. The highest BCUT2D eigenvalue weighted by Gasteiger charge is 2.32. The zero-order chi connectivity index (χ0) is 21.1. The van der Waals surface area contributed by atoms with Crippen LogP contribution in [-0.2, 0) is 14.3 Å². The molecule has 0 aliphatic carbocycles. The molecule has 2 unspecified atom stereocenters. The lowest BCUT2D eigenvalue weighted by Gasteiger charge is -2.33. The van der Waals surface area contributed by atoms with E-state index in [0.29, 0.717) is 36.9 Å². The fourth-order valence-electron chi connectivity index (χ4n) is 3.68. The van der Waals surface area contributed by atoms with Crippen LogP contribution < -0.4 is 19.7 Å². The quantitative estimate of drug-likeness (QED) is 0.791. The summed E-state index contributed by atoms with van der Waals surface area (Å²) in [6.07, 6.45) is 0.608. The molecule has 1 fully saturated rings. The molecule has 1 N–H and O–H groups in total. The average Bonchev–Trinajstić information content (AvgIpc) is 3.26. The van der Waals surface area contributed by atoms with Gasteiger partial charge in [-0.3, -0.25) is 9.59 Å². The number of anilines is 2. The summed E-state index contributed by atoms with van der Waals surface area (Å²) in [7, 11) is 0. The van der Waals surface area contributed by atoms with Gasteiger partial charge in [0.1, 0.15) is 24.2 Å². The van der Waals surface area contributed by atoms with E-state index in [4.69, 9.17) is 14.2 Å². The van der Waals surface area contributed by atoms with E-state index < -0.39 is 12.2 Å². The number of nitrogens with zero attached hydrogens (tertiary/aromatic N) is 1. The number of aryl methyl sites for hydroxylation is 1. The van der Waals surface area contributed by atoms with Crippen molar-refractivity contribution < 1.29 is 23.8 Å². The largest absolute Gasteiger partial charge is 0.492 e. The highest BCUT2D eigenvalue weighted by atomic mass is 16.5. The van der Waals surface area contributed by atoms with Crippen LogP contribution in [0.4, 0.5) is 11.4 Å². The number of fused-ring (bicyclic) bond motifs is 1. The molecule has 0 saturated carbocycles. The number of carbonyl (C=O) groups excluding carboxylic acids is 2. The van der Waals surface area contributed by atoms with Crippen molar-refractivity contribution in [1.29, 1.82) is 0 Å². The number of benzene rings is 2. The molecule has 4 rings (SSSR count). The Balaban J connectivity index is 1.48. The normalized spacial score (nSPS) is 20.5. The standard InChI is InChI=1S/C23H26N2O5/c1-15-5-3-6-18(13-15)28-12-10-25-19-14-17(24-22(26)21-7-4-11-29-21)8-9-20(19)30-16(2)23(25)27/h3,5-6,8-9,13-14,16,21H,4,7,10-12H2,1-2H3,(H,24,26). The Labute approximate surface area is 175 Å². The van der Waals surface area contributed by atoms with Crippen LogP contribution in [0.15, 0.2) is 42.5 Å². The van der Waals surface area contributed by atoms with Gasteiger partial charge in [-0.2, -0.15) is 0 Å². The van der Waals surface area contributed by atoms with Crippen LogP contribution in [0.5, 0.6) is 11.5 Å². The summed E-state index contributed by atoms with van der Waals surface area (Å²) in [6.45, 7) is 5.05. The van der Waals surface area contributed by atoms with Crippen molar-refractivity contribution in [3.8, 4) is 11.5 Å². The van der Waals surface area contributed by atoms with Gasteiger partial charge < -0.3 is 24.4 Å². The first-order valence-electron chi connectivity index (χ1n) is 10.3. The van der Waals surface area contributed by atoms with Crippen LogP contribution in [0.2, 0.25) is 0 Å². The zero-order valence-corrected chi connectivity index (χ0v) is 17.2. The second-order valence-corrected chi connectivity index (χ2v) is 7.59. The van der Waals surface area contributed by atoms with Crippen LogP contribution in [0.1, 0.15) is 25.3 Å². The Bertz CT molecular complexity index is 939. The highest BCUT2D eigenvalue weighted by Crippen LogP contribution is 2.36. The summed E-state index contributed by atoms with van der Waals surface area (Å²) in [6, 6.07) is 13.1. The van der Waals surface area contributed by atoms with Crippen LogP contribution in [0.3, 0.4) is 0 Å². The topological polar surface area (TPSA) is 77.1 Å². The minimum atomic E-state index is -0.580. The van der Waals surface area contributed by atoms with Gasteiger partial charge >= 0.3 is 0 Å². The van der Waals surface area contributed by atoms with E-state index in [1.807, 2.05) is 31.2 Å². The predicted molar refractivity (Wildman–Crippen MR) is 113 cm³/mol. The SMILES string of the molecule is Cc1cccc(OCCN2C(=O)C(C)Oc3ccc(NC(=O)C4CCCO4)cc32)c1. The number of hydrogen-bond donors (Lipinski definition) is 1. The highest BCUT2D eigenvalue weighted by molar-refractivity contribution is 6.01. The van der Waals surface area contributed by atoms with Gasteiger partial charge in [-0.25, -0.2) is 0 Å². The van der Waals surface area contributed by atoms with Crippen molar-refractivity contribution in [3.63, 3.8) is 0 Å². The molecule has 2 amide bonds. The molecule has 7 nitrogen and oxygen atoms in total. The smallest absolute Gasteiger partial charge is 0.267 e. The number of rotatable bonds is 6. The molecular weight excluding hydrogens is 384 g/mol. The number of carbonyl (C=O) groups is 2. The summed E-state index contributed by atoms with van der Waals surface area (Å²) in [5.41, 5.74) is 2.33. The predicted octanol–water partition coefficient (Wildman–Crippen LogP) is 3.31. The molecule has 7 heteroatoms. The third kappa shape index (κ3) is 4.41. The third-order valence-electron chi connectivity index (χ3n) is 5.23. The summed E-state index contributed by atoms with van der Waals surface area (Å²) in [5, 5.41) is 2.88. The molecule has 0 radical (unpaired) electrons. The van der Waals surface area contributed by atoms with Gasteiger partial charge in [-0.15, -0.1) is 0 Å². The number of amides is 2. The van der Waals surface area contributed by atoms with Crippen molar-refractivity contribution >= 4 is 23.2 Å². The van der Waals surface area contributed by atoms with E-state index in [9.17, 15) is 9.59 Å². The molecule has 2 atom stereocenters. The van der Waals surface area contributed by atoms with Crippen LogP contribution in [0, 0.1) is 6.92 Å². The van der Waals surface area contributed by atoms with E-state index in [2.05, 4.69) is 5.32 Å². The van der Waals surface area contributed by atoms with E-state index in [1.165, 1.54) is 0 Å². The first kappa shape index (κ1) is 20.2. The molecule has 1 saturated heterocycles. The minimum Gasteiger partial charge on any atom is -0.492 e. The number of ether oxygens (including phenoxy) is 3. The molecule has 2 heterocycles. The zero-order valence-electron chi connectivity index (χ0n) is 17.2. The van der Waals surface area contributed by atoms with E-state index >= 15 is 0 Å². The maximum absolute atomic E-state index is 12.8. The summed E-state index contributed by atoms with van der Waals surface area (Å²) in [4.78, 5) is 26.8. The Kier molecular flexibility index (Phi) is 5.90. The van der Waals surface area contributed by atoms with Gasteiger partial charge in [-0.05, 0) is 62.6 Å². The maximum Gasteiger partial charge on any atom is 0.267 e. The Morgan fingerprint density at radius 1 is 1.27 bits per heavy atom. The summed E-state index contributed by atoms with van der Waals surface area (Å²) in [5.74, 6) is 1.06. The average molecular weight is 410 g/mol. The molecule has 30 heavy (non-hydrogen) atoms. The van der Waals surface area contributed by atoms with Crippen molar-refractivity contribution in [2.45, 2.75) is 38.9 Å². The van der Waals surface area contributed by atoms with Crippen molar-refractivity contribution in [3.05, 3.63) is 48.0 Å². The first-order valence-corrected chi connectivity index (χ1v) is 10.3. The van der Waals surface area contributed by atoms with Gasteiger partial charge in [0.15, 0.2) is 6.10 Å². The summed E-state index contributed by atoms with van der Waals surface area (Å²) >= 11 is 0. The van der Waals surface area contributed by atoms with Crippen molar-refractivity contribution in [2.24, 2.45) is 0 Å². The van der Waals surface area contributed by atoms with Gasteiger partial charge in [0.2, 0.25) is 0 Å². The van der Waals surface area contributed by atoms with E-state index in [1.54, 1.807) is 30.0 Å². The second kappa shape index (κ2) is 8.75. The van der Waals surface area contributed by atoms with Crippen LogP contribution in [0.25, 0.3) is 0 Å². The van der Waals surface area contributed by atoms with Gasteiger partial charge in [0.05, 0.1) is 12.2 Å². The van der Waals surface area contributed by atoms with E-state index in [0.717, 1.165) is 24.2 Å². The Morgan fingerprint density at radius 2 is 2.13 bits per heavy atom. The minimum absolute atomic E-state index is 0.141. The lowest BCUT2D eigenvalue weighted by molar-refractivity contribution is -0.125. The molecule has 2 aromatic carbocycles. The van der Waals surface area contributed by atoms with Gasteiger partial charge in [-0.1, -0.05) is 12.1 Å². The molecule has 2 aromatic rings. The first-order chi connectivity index (χ1) is 14.5. The van der Waals surface area contributed by atoms with E-state index in [-0.39, 0.29) is 11.8 Å².